The molecule has 1 aliphatic carbocycles. The summed E-state index contributed by atoms with van der Waals surface area (Å²) in [7, 11) is 1.78. The molecule has 1 aromatic rings. The van der Waals surface area contributed by atoms with Gasteiger partial charge < -0.3 is 10.4 Å². The molecular weight excluding hydrogens is 230 g/mol. The second kappa shape index (κ2) is 5.52. The van der Waals surface area contributed by atoms with Crippen LogP contribution in [0.2, 0.25) is 0 Å². The van der Waals surface area contributed by atoms with Crippen molar-refractivity contribution in [1.29, 1.82) is 0 Å². The van der Waals surface area contributed by atoms with E-state index < -0.39 is 5.97 Å². The van der Waals surface area contributed by atoms with Crippen LogP contribution in [0.3, 0.4) is 0 Å². The van der Waals surface area contributed by atoms with Crippen molar-refractivity contribution >= 4 is 5.97 Å². The molecule has 0 aromatic carbocycles. The highest BCUT2D eigenvalue weighted by Crippen LogP contribution is 2.23. The van der Waals surface area contributed by atoms with Gasteiger partial charge in [0.1, 0.15) is 5.56 Å². The Hall–Kier alpha value is -1.36. The van der Waals surface area contributed by atoms with Crippen LogP contribution in [0.25, 0.3) is 0 Å². The number of aromatic carboxylic acids is 1. The summed E-state index contributed by atoms with van der Waals surface area (Å²) in [5, 5.41) is 16.6. The summed E-state index contributed by atoms with van der Waals surface area (Å²) in [6, 6.07) is 0.505. The maximum Gasteiger partial charge on any atom is 0.339 e. The van der Waals surface area contributed by atoms with Crippen molar-refractivity contribution in [2.45, 2.75) is 45.2 Å². The fraction of sp³-hybridized carbons (Fsp3) is 0.692. The molecule has 2 atom stereocenters. The summed E-state index contributed by atoms with van der Waals surface area (Å²) >= 11 is 0. The molecule has 0 radical (unpaired) electrons. The van der Waals surface area contributed by atoms with Crippen molar-refractivity contribution in [3.05, 3.63) is 17.5 Å². The molecule has 2 rings (SSSR count). The molecule has 5 heteroatoms. The van der Waals surface area contributed by atoms with E-state index in [1.54, 1.807) is 11.7 Å². The summed E-state index contributed by atoms with van der Waals surface area (Å²) in [6.07, 6.45) is 6.36. The van der Waals surface area contributed by atoms with Gasteiger partial charge in [-0.05, 0) is 18.8 Å². The third-order valence-corrected chi connectivity index (χ3v) is 3.79. The molecule has 0 spiro atoms. The van der Waals surface area contributed by atoms with Crippen LogP contribution in [0.4, 0.5) is 0 Å². The van der Waals surface area contributed by atoms with Gasteiger partial charge in [0, 0.05) is 19.6 Å². The predicted molar refractivity (Wildman–Crippen MR) is 68.4 cm³/mol. The van der Waals surface area contributed by atoms with Gasteiger partial charge in [-0.3, -0.25) is 4.68 Å². The standard InChI is InChI=1S/C13H21N3O2/c1-9-4-3-5-10(6-9)14-8-12-11(13(17)18)7-15-16(12)2/h7,9-10,14H,3-6,8H2,1-2H3,(H,17,18). The van der Waals surface area contributed by atoms with Crippen LogP contribution in [0.15, 0.2) is 6.20 Å². The number of carboxylic acid groups (broad SMARTS) is 1. The Morgan fingerprint density at radius 1 is 1.61 bits per heavy atom. The Morgan fingerprint density at radius 3 is 3.06 bits per heavy atom. The van der Waals surface area contributed by atoms with Gasteiger partial charge in [0.15, 0.2) is 0 Å². The van der Waals surface area contributed by atoms with Crippen LogP contribution >= 0.6 is 0 Å². The molecule has 1 aliphatic rings. The van der Waals surface area contributed by atoms with E-state index in [0.717, 1.165) is 11.6 Å². The number of carbonyl (C=O) groups is 1. The normalized spacial score (nSPS) is 24.1. The highest BCUT2D eigenvalue weighted by atomic mass is 16.4. The van der Waals surface area contributed by atoms with E-state index in [0.29, 0.717) is 18.2 Å². The maximum atomic E-state index is 11.1. The fourth-order valence-electron chi connectivity index (χ4n) is 2.71. The lowest BCUT2D eigenvalue weighted by Crippen LogP contribution is -2.34. The van der Waals surface area contributed by atoms with Gasteiger partial charge >= 0.3 is 5.97 Å². The molecule has 100 valence electrons. The minimum absolute atomic E-state index is 0.300. The monoisotopic (exact) mass is 251 g/mol. The van der Waals surface area contributed by atoms with Crippen LogP contribution in [0.1, 0.15) is 48.7 Å². The molecule has 1 saturated carbocycles. The first kappa shape index (κ1) is 13.1. The van der Waals surface area contributed by atoms with Crippen LogP contribution in [0, 0.1) is 5.92 Å². The van der Waals surface area contributed by atoms with Gasteiger partial charge in [0.05, 0.1) is 11.9 Å². The van der Waals surface area contributed by atoms with E-state index in [1.807, 2.05) is 0 Å². The highest BCUT2D eigenvalue weighted by molar-refractivity contribution is 5.88. The molecule has 2 N–H and O–H groups in total. The van der Waals surface area contributed by atoms with E-state index in [9.17, 15) is 4.79 Å². The summed E-state index contributed by atoms with van der Waals surface area (Å²) in [5.41, 5.74) is 1.05. The molecule has 0 bridgehead atoms. The first-order valence-corrected chi connectivity index (χ1v) is 6.55. The third kappa shape index (κ3) is 2.90. The Morgan fingerprint density at radius 2 is 2.39 bits per heavy atom. The van der Waals surface area contributed by atoms with Crippen molar-refractivity contribution in [2.24, 2.45) is 13.0 Å². The zero-order valence-corrected chi connectivity index (χ0v) is 11.0. The second-order valence-electron chi connectivity index (χ2n) is 5.28. The molecule has 2 unspecified atom stereocenters. The van der Waals surface area contributed by atoms with Gasteiger partial charge in [-0.15, -0.1) is 0 Å². The average Bonchev–Trinajstić information content (AvgIpc) is 2.68. The molecule has 5 nitrogen and oxygen atoms in total. The molecule has 0 amide bonds. The van der Waals surface area contributed by atoms with Gasteiger partial charge in [0.2, 0.25) is 0 Å². The van der Waals surface area contributed by atoms with Crippen molar-refractivity contribution in [3.63, 3.8) is 0 Å². The van der Waals surface area contributed by atoms with E-state index in [1.165, 1.54) is 31.9 Å². The molecule has 1 fully saturated rings. The van der Waals surface area contributed by atoms with E-state index in [-0.39, 0.29) is 0 Å². The zero-order valence-electron chi connectivity index (χ0n) is 11.0. The number of rotatable bonds is 4. The minimum Gasteiger partial charge on any atom is -0.478 e. The van der Waals surface area contributed by atoms with Crippen LogP contribution in [0.5, 0.6) is 0 Å². The quantitative estimate of drug-likeness (QED) is 0.856. The lowest BCUT2D eigenvalue weighted by atomic mass is 9.87. The Balaban J connectivity index is 1.97. The Labute approximate surface area is 107 Å². The van der Waals surface area contributed by atoms with E-state index in [4.69, 9.17) is 5.11 Å². The number of aryl methyl sites for hydroxylation is 1. The first-order chi connectivity index (χ1) is 8.58. The number of aromatic nitrogens is 2. The van der Waals surface area contributed by atoms with Gasteiger partial charge in [-0.25, -0.2) is 4.79 Å². The van der Waals surface area contributed by atoms with Gasteiger partial charge in [-0.1, -0.05) is 19.8 Å². The van der Waals surface area contributed by atoms with Crippen LogP contribution < -0.4 is 5.32 Å². The summed E-state index contributed by atoms with van der Waals surface area (Å²) < 4.78 is 1.64. The second-order valence-corrected chi connectivity index (χ2v) is 5.28. The minimum atomic E-state index is -0.906. The molecule has 0 saturated heterocycles. The molecule has 1 heterocycles. The maximum absolute atomic E-state index is 11.1. The predicted octanol–water partition coefficient (Wildman–Crippen LogP) is 1.79. The lowest BCUT2D eigenvalue weighted by Gasteiger charge is -2.27. The topological polar surface area (TPSA) is 67.2 Å². The summed E-state index contributed by atoms with van der Waals surface area (Å²) in [4.78, 5) is 11.1. The molecule has 0 aliphatic heterocycles. The third-order valence-electron chi connectivity index (χ3n) is 3.79. The number of hydrogen-bond donors (Lipinski definition) is 2. The van der Waals surface area contributed by atoms with Crippen molar-refractivity contribution in [3.8, 4) is 0 Å². The van der Waals surface area contributed by atoms with Gasteiger partial charge in [0.25, 0.3) is 0 Å². The Bertz CT molecular complexity index is 428. The Kier molecular flexibility index (Phi) is 4.01. The number of hydrogen-bond acceptors (Lipinski definition) is 3. The van der Waals surface area contributed by atoms with E-state index >= 15 is 0 Å². The van der Waals surface area contributed by atoms with Crippen LogP contribution in [-0.4, -0.2) is 26.9 Å². The lowest BCUT2D eigenvalue weighted by molar-refractivity contribution is 0.0695. The largest absolute Gasteiger partial charge is 0.478 e. The number of nitrogens with one attached hydrogen (secondary N) is 1. The number of nitrogens with zero attached hydrogens (tertiary/aromatic N) is 2. The smallest absolute Gasteiger partial charge is 0.339 e. The molecule has 1 aromatic heterocycles. The van der Waals surface area contributed by atoms with Crippen molar-refractivity contribution < 1.29 is 9.90 Å². The average molecular weight is 251 g/mol. The van der Waals surface area contributed by atoms with Gasteiger partial charge in [-0.2, -0.15) is 5.10 Å². The molecular formula is C13H21N3O2. The van der Waals surface area contributed by atoms with E-state index in [2.05, 4.69) is 17.3 Å². The van der Waals surface area contributed by atoms with Crippen LogP contribution in [-0.2, 0) is 13.6 Å². The summed E-state index contributed by atoms with van der Waals surface area (Å²) in [6.45, 7) is 2.86. The summed E-state index contributed by atoms with van der Waals surface area (Å²) in [5.74, 6) is -0.140. The number of carboxylic acids is 1. The molecule has 18 heavy (non-hydrogen) atoms. The highest BCUT2D eigenvalue weighted by Gasteiger charge is 2.20. The SMILES string of the molecule is CC1CCCC(NCc2c(C(=O)O)cnn2C)C1. The zero-order chi connectivity index (χ0) is 13.1. The first-order valence-electron chi connectivity index (χ1n) is 6.55. The van der Waals surface area contributed by atoms with Crippen molar-refractivity contribution in [1.82, 2.24) is 15.1 Å². The fourth-order valence-corrected chi connectivity index (χ4v) is 2.71. The van der Waals surface area contributed by atoms with Crippen molar-refractivity contribution in [2.75, 3.05) is 0 Å².